The molecule has 88 valence electrons. The van der Waals surface area contributed by atoms with E-state index in [0.29, 0.717) is 6.54 Å². The van der Waals surface area contributed by atoms with Gasteiger partial charge >= 0.3 is 6.03 Å². The number of urea groups is 1. The lowest BCUT2D eigenvalue weighted by Gasteiger charge is -2.13. The van der Waals surface area contributed by atoms with Crippen LogP contribution in [0, 0.1) is 6.92 Å². The number of rotatable bonds is 4. The molecule has 3 N–H and O–H groups in total. The molecule has 5 heteroatoms. The highest BCUT2D eigenvalue weighted by Crippen LogP contribution is 2.27. The van der Waals surface area contributed by atoms with E-state index >= 15 is 0 Å². The van der Waals surface area contributed by atoms with Crippen molar-refractivity contribution in [1.29, 1.82) is 0 Å². The average Bonchev–Trinajstić information content (AvgIpc) is 2.82. The summed E-state index contributed by atoms with van der Waals surface area (Å²) in [6.45, 7) is 4.23. The van der Waals surface area contributed by atoms with Crippen molar-refractivity contribution in [3.05, 3.63) is 21.9 Å². The van der Waals surface area contributed by atoms with E-state index in [1.807, 2.05) is 4.90 Å². The minimum atomic E-state index is 0.0336. The number of nitrogens with two attached hydrogens (primary N) is 1. The Morgan fingerprint density at radius 1 is 1.69 bits per heavy atom. The fourth-order valence-electron chi connectivity index (χ4n) is 1.95. The number of thiophene rings is 1. The Balaban J connectivity index is 2.01. The lowest BCUT2D eigenvalue weighted by Crippen LogP contribution is -2.30. The van der Waals surface area contributed by atoms with Crippen LogP contribution in [-0.4, -0.2) is 30.6 Å². The van der Waals surface area contributed by atoms with Crippen LogP contribution in [0.25, 0.3) is 0 Å². The standard InChI is InChI=1S/C11H17N3OS/c1-8-3-6-16-10(8)9-7-14(5-2-4-12)11(15)13-9/h3,6,9H,2,4-5,7,12H2,1H3,(H,13,15). The van der Waals surface area contributed by atoms with E-state index in [9.17, 15) is 4.79 Å². The summed E-state index contributed by atoms with van der Waals surface area (Å²) in [4.78, 5) is 14.8. The van der Waals surface area contributed by atoms with E-state index in [1.165, 1.54) is 10.4 Å². The van der Waals surface area contributed by atoms with Crippen molar-refractivity contribution in [2.24, 2.45) is 5.73 Å². The highest BCUT2D eigenvalue weighted by molar-refractivity contribution is 7.10. The van der Waals surface area contributed by atoms with E-state index < -0.39 is 0 Å². The Labute approximate surface area is 99.4 Å². The summed E-state index contributed by atoms with van der Waals surface area (Å²) < 4.78 is 0. The minimum absolute atomic E-state index is 0.0336. The zero-order valence-electron chi connectivity index (χ0n) is 9.40. The van der Waals surface area contributed by atoms with E-state index in [2.05, 4.69) is 23.7 Å². The molecule has 1 atom stereocenters. The van der Waals surface area contributed by atoms with E-state index in [1.54, 1.807) is 11.3 Å². The first-order chi connectivity index (χ1) is 7.72. The van der Waals surface area contributed by atoms with Crippen molar-refractivity contribution in [3.63, 3.8) is 0 Å². The first kappa shape index (κ1) is 11.4. The highest BCUT2D eigenvalue weighted by Gasteiger charge is 2.30. The third-order valence-corrected chi connectivity index (χ3v) is 3.97. The first-order valence-corrected chi connectivity index (χ1v) is 6.40. The van der Waals surface area contributed by atoms with Gasteiger partial charge in [-0.05, 0) is 36.9 Å². The molecule has 1 saturated heterocycles. The molecule has 2 heterocycles. The van der Waals surface area contributed by atoms with Crippen molar-refractivity contribution in [3.8, 4) is 0 Å². The van der Waals surface area contributed by atoms with Crippen LogP contribution < -0.4 is 11.1 Å². The summed E-state index contributed by atoms with van der Waals surface area (Å²) >= 11 is 1.71. The average molecular weight is 239 g/mol. The van der Waals surface area contributed by atoms with Gasteiger partial charge in [0, 0.05) is 18.0 Å². The number of amides is 2. The molecule has 1 aromatic rings. The summed E-state index contributed by atoms with van der Waals surface area (Å²) in [5.74, 6) is 0. The number of nitrogens with zero attached hydrogens (tertiary/aromatic N) is 1. The lowest BCUT2D eigenvalue weighted by molar-refractivity contribution is 0.217. The molecule has 2 rings (SSSR count). The molecule has 0 aliphatic carbocycles. The van der Waals surface area contributed by atoms with Crippen molar-refractivity contribution in [2.75, 3.05) is 19.6 Å². The van der Waals surface area contributed by atoms with Gasteiger partial charge in [-0.3, -0.25) is 0 Å². The Hall–Kier alpha value is -1.07. The SMILES string of the molecule is Cc1ccsc1C1CN(CCCN)C(=O)N1. The third-order valence-electron chi connectivity index (χ3n) is 2.84. The fourth-order valence-corrected chi connectivity index (χ4v) is 2.92. The summed E-state index contributed by atoms with van der Waals surface area (Å²) in [5, 5.41) is 5.08. The molecule has 16 heavy (non-hydrogen) atoms. The molecule has 0 spiro atoms. The molecule has 1 aliphatic heterocycles. The maximum atomic E-state index is 11.7. The molecule has 2 amide bonds. The smallest absolute Gasteiger partial charge is 0.318 e. The predicted octanol–water partition coefficient (Wildman–Crippen LogP) is 1.47. The second-order valence-corrected chi connectivity index (χ2v) is 5.01. The normalized spacial score (nSPS) is 20.2. The highest BCUT2D eigenvalue weighted by atomic mass is 32.1. The van der Waals surface area contributed by atoms with Gasteiger partial charge in [0.15, 0.2) is 0 Å². The van der Waals surface area contributed by atoms with Crippen LogP contribution >= 0.6 is 11.3 Å². The van der Waals surface area contributed by atoms with Gasteiger partial charge in [-0.1, -0.05) is 0 Å². The largest absolute Gasteiger partial charge is 0.330 e. The van der Waals surface area contributed by atoms with Crippen LogP contribution in [-0.2, 0) is 0 Å². The Bertz CT molecular complexity index is 377. The number of aryl methyl sites for hydroxylation is 1. The number of carbonyl (C=O) groups excluding carboxylic acids is 1. The van der Waals surface area contributed by atoms with Gasteiger partial charge in [0.1, 0.15) is 0 Å². The molecule has 0 saturated carbocycles. The molecular formula is C11H17N3OS. The molecule has 1 aromatic heterocycles. The second-order valence-electron chi connectivity index (χ2n) is 4.06. The number of hydrogen-bond donors (Lipinski definition) is 2. The molecule has 0 aromatic carbocycles. The maximum absolute atomic E-state index is 11.7. The number of carbonyl (C=O) groups is 1. The van der Waals surface area contributed by atoms with E-state index in [4.69, 9.17) is 5.73 Å². The molecule has 0 bridgehead atoms. The van der Waals surface area contributed by atoms with E-state index in [-0.39, 0.29) is 12.1 Å². The van der Waals surface area contributed by atoms with Gasteiger partial charge in [-0.15, -0.1) is 11.3 Å². The monoisotopic (exact) mass is 239 g/mol. The van der Waals surface area contributed by atoms with E-state index in [0.717, 1.165) is 19.5 Å². The van der Waals surface area contributed by atoms with Gasteiger partial charge in [0.2, 0.25) is 0 Å². The van der Waals surface area contributed by atoms with Crippen molar-refractivity contribution in [2.45, 2.75) is 19.4 Å². The summed E-state index contributed by atoms with van der Waals surface area (Å²) in [6.07, 6.45) is 0.865. The topological polar surface area (TPSA) is 58.4 Å². The van der Waals surface area contributed by atoms with Crippen LogP contribution in [0.5, 0.6) is 0 Å². The van der Waals surface area contributed by atoms with Gasteiger partial charge in [0.05, 0.1) is 6.04 Å². The first-order valence-electron chi connectivity index (χ1n) is 5.52. The van der Waals surface area contributed by atoms with Gasteiger partial charge in [-0.2, -0.15) is 0 Å². The summed E-state index contributed by atoms with van der Waals surface area (Å²) in [7, 11) is 0. The molecule has 0 radical (unpaired) electrons. The molecule has 1 aliphatic rings. The predicted molar refractivity (Wildman–Crippen MR) is 65.6 cm³/mol. The zero-order chi connectivity index (χ0) is 11.5. The summed E-state index contributed by atoms with van der Waals surface area (Å²) in [6, 6.07) is 2.28. The number of nitrogens with one attached hydrogen (secondary N) is 1. The molecular weight excluding hydrogens is 222 g/mol. The van der Waals surface area contributed by atoms with Gasteiger partial charge < -0.3 is 16.0 Å². The lowest BCUT2D eigenvalue weighted by atomic mass is 10.2. The Kier molecular flexibility index (Phi) is 3.46. The zero-order valence-corrected chi connectivity index (χ0v) is 10.2. The molecule has 1 unspecified atom stereocenters. The summed E-state index contributed by atoms with van der Waals surface area (Å²) in [5.41, 5.74) is 6.71. The van der Waals surface area contributed by atoms with Crippen LogP contribution in [0.2, 0.25) is 0 Å². The van der Waals surface area contributed by atoms with Crippen LogP contribution in [0.3, 0.4) is 0 Å². The maximum Gasteiger partial charge on any atom is 0.318 e. The Morgan fingerprint density at radius 2 is 2.50 bits per heavy atom. The van der Waals surface area contributed by atoms with Crippen molar-refractivity contribution >= 4 is 17.4 Å². The number of hydrogen-bond acceptors (Lipinski definition) is 3. The van der Waals surface area contributed by atoms with Crippen LogP contribution in [0.15, 0.2) is 11.4 Å². The quantitative estimate of drug-likeness (QED) is 0.836. The van der Waals surface area contributed by atoms with Crippen molar-refractivity contribution in [1.82, 2.24) is 10.2 Å². The minimum Gasteiger partial charge on any atom is -0.330 e. The van der Waals surface area contributed by atoms with Gasteiger partial charge in [-0.25, -0.2) is 4.79 Å². The van der Waals surface area contributed by atoms with Crippen LogP contribution in [0.1, 0.15) is 22.9 Å². The third kappa shape index (κ3) is 2.20. The Morgan fingerprint density at radius 3 is 3.12 bits per heavy atom. The van der Waals surface area contributed by atoms with Crippen LogP contribution in [0.4, 0.5) is 4.79 Å². The molecule has 4 nitrogen and oxygen atoms in total. The van der Waals surface area contributed by atoms with Gasteiger partial charge in [0.25, 0.3) is 0 Å². The fraction of sp³-hybridized carbons (Fsp3) is 0.545. The molecule has 1 fully saturated rings. The van der Waals surface area contributed by atoms with Crippen molar-refractivity contribution < 1.29 is 4.79 Å². The second kappa shape index (κ2) is 4.84.